The first kappa shape index (κ1) is 27.2. The minimum atomic E-state index is -0.569. The van der Waals surface area contributed by atoms with Crippen LogP contribution in [0.25, 0.3) is 0 Å². The molecule has 2 heteroatoms. The average molecular weight is 483 g/mol. The first-order chi connectivity index (χ1) is 17.6. The summed E-state index contributed by atoms with van der Waals surface area (Å²) >= 11 is 0. The van der Waals surface area contributed by atoms with Crippen LogP contribution < -0.4 is 0 Å². The van der Waals surface area contributed by atoms with Crippen LogP contribution in [-0.4, -0.2) is 0 Å². The van der Waals surface area contributed by atoms with Crippen LogP contribution in [0.1, 0.15) is 98.6 Å². The highest BCUT2D eigenvalue weighted by molar-refractivity contribution is 5.49. The van der Waals surface area contributed by atoms with E-state index in [2.05, 4.69) is 49.7 Å². The van der Waals surface area contributed by atoms with Crippen molar-refractivity contribution in [2.45, 2.75) is 78.1 Å². The van der Waals surface area contributed by atoms with Gasteiger partial charge in [-0.2, -0.15) is 0 Å². The summed E-state index contributed by atoms with van der Waals surface area (Å²) in [6, 6.07) is 18.2. The second-order valence-electron chi connectivity index (χ2n) is 9.33. The number of aryl methyl sites for hydroxylation is 2. The van der Waals surface area contributed by atoms with Gasteiger partial charge in [0.05, 0.1) is 11.1 Å². The number of unbranched alkanes of at least 4 members (excludes halogenated alkanes) is 6. The predicted octanol–water partition coefficient (Wildman–Crippen LogP) is 9.01. The molecule has 0 unspecified atom stereocenters. The molecule has 0 aliphatic carbocycles. The van der Waals surface area contributed by atoms with Gasteiger partial charge in [-0.1, -0.05) is 107 Å². The maximum absolute atomic E-state index is 14.6. The van der Waals surface area contributed by atoms with Crippen molar-refractivity contribution in [1.82, 2.24) is 0 Å². The Morgan fingerprint density at radius 1 is 0.500 bits per heavy atom. The number of benzene rings is 3. The van der Waals surface area contributed by atoms with Gasteiger partial charge in [-0.05, 0) is 66.8 Å². The zero-order chi connectivity index (χ0) is 25.6. The van der Waals surface area contributed by atoms with Crippen LogP contribution in [0.3, 0.4) is 0 Å². The molecule has 0 fully saturated rings. The van der Waals surface area contributed by atoms with E-state index in [-0.39, 0.29) is 11.1 Å². The van der Waals surface area contributed by atoms with E-state index in [4.69, 9.17) is 0 Å². The lowest BCUT2D eigenvalue weighted by Crippen LogP contribution is -1.92. The fourth-order valence-corrected chi connectivity index (χ4v) is 4.10. The smallest absolute Gasteiger partial charge is 0.140 e. The van der Waals surface area contributed by atoms with Crippen LogP contribution >= 0.6 is 0 Å². The van der Waals surface area contributed by atoms with Gasteiger partial charge in [-0.15, -0.1) is 0 Å². The zero-order valence-corrected chi connectivity index (χ0v) is 21.6. The van der Waals surface area contributed by atoms with E-state index in [1.54, 1.807) is 0 Å². The molecule has 0 saturated carbocycles. The molecule has 0 N–H and O–H groups in total. The minimum absolute atomic E-state index is 0.0328. The summed E-state index contributed by atoms with van der Waals surface area (Å²) in [5.41, 5.74) is 4.15. The van der Waals surface area contributed by atoms with Gasteiger partial charge in [-0.25, -0.2) is 8.78 Å². The zero-order valence-electron chi connectivity index (χ0n) is 21.6. The monoisotopic (exact) mass is 482 g/mol. The summed E-state index contributed by atoms with van der Waals surface area (Å²) in [6.07, 6.45) is 12.2. The molecule has 0 amide bonds. The van der Waals surface area contributed by atoms with E-state index in [0.717, 1.165) is 42.5 Å². The summed E-state index contributed by atoms with van der Waals surface area (Å²) in [4.78, 5) is 0. The van der Waals surface area contributed by atoms with Crippen LogP contribution in [0.4, 0.5) is 8.78 Å². The second-order valence-corrected chi connectivity index (χ2v) is 9.33. The van der Waals surface area contributed by atoms with Gasteiger partial charge in [0.15, 0.2) is 0 Å². The normalized spacial score (nSPS) is 10.3. The van der Waals surface area contributed by atoms with E-state index in [1.807, 2.05) is 36.4 Å². The highest BCUT2D eigenvalue weighted by Gasteiger charge is 2.07. The number of rotatable bonds is 10. The maximum atomic E-state index is 14.6. The Labute approximate surface area is 216 Å². The minimum Gasteiger partial charge on any atom is -0.206 e. The summed E-state index contributed by atoms with van der Waals surface area (Å²) in [5, 5.41) is 0. The second kappa shape index (κ2) is 14.9. The topological polar surface area (TPSA) is 0 Å². The Morgan fingerprint density at radius 2 is 0.944 bits per heavy atom. The summed E-state index contributed by atoms with van der Waals surface area (Å²) in [6.45, 7) is 4.37. The van der Waals surface area contributed by atoms with E-state index in [0.29, 0.717) is 0 Å². The number of hydrogen-bond acceptors (Lipinski definition) is 0. The van der Waals surface area contributed by atoms with Crippen LogP contribution in [-0.2, 0) is 12.8 Å². The molecule has 0 bridgehead atoms. The van der Waals surface area contributed by atoms with Crippen molar-refractivity contribution in [3.63, 3.8) is 0 Å². The summed E-state index contributed by atoms with van der Waals surface area (Å²) in [5.74, 6) is 10.3. The van der Waals surface area contributed by atoms with Gasteiger partial charge in [0, 0.05) is 11.1 Å². The molecule has 0 heterocycles. The van der Waals surface area contributed by atoms with E-state index < -0.39 is 11.6 Å². The van der Waals surface area contributed by atoms with Gasteiger partial charge in [0.1, 0.15) is 11.6 Å². The molecule has 0 spiro atoms. The first-order valence-corrected chi connectivity index (χ1v) is 13.3. The molecule has 0 nitrogen and oxygen atoms in total. The highest BCUT2D eigenvalue weighted by Crippen LogP contribution is 2.15. The number of hydrogen-bond donors (Lipinski definition) is 0. The van der Waals surface area contributed by atoms with Crippen LogP contribution in [0.5, 0.6) is 0 Å². The molecular weight excluding hydrogens is 446 g/mol. The molecule has 3 aromatic rings. The lowest BCUT2D eigenvalue weighted by atomic mass is 10.0. The summed E-state index contributed by atoms with van der Waals surface area (Å²) in [7, 11) is 0. The third-order valence-electron chi connectivity index (χ3n) is 6.26. The molecule has 3 aromatic carbocycles. The molecule has 0 saturated heterocycles. The SMILES string of the molecule is CCCCCCCCCc1ccc(C#Cc2cc(F)c(C#Cc3ccc(CCC)cc3)cc2F)cc1. The van der Waals surface area contributed by atoms with Crippen molar-refractivity contribution in [1.29, 1.82) is 0 Å². The molecule has 0 aliphatic heterocycles. The molecular formula is C34H36F2. The van der Waals surface area contributed by atoms with Gasteiger partial charge in [0.2, 0.25) is 0 Å². The van der Waals surface area contributed by atoms with Crippen molar-refractivity contribution < 1.29 is 8.78 Å². The maximum Gasteiger partial charge on any atom is 0.140 e. The Bertz CT molecular complexity index is 1210. The van der Waals surface area contributed by atoms with Crippen molar-refractivity contribution in [2.24, 2.45) is 0 Å². The van der Waals surface area contributed by atoms with Crippen LogP contribution in [0, 0.1) is 35.3 Å². The highest BCUT2D eigenvalue weighted by atomic mass is 19.1. The third-order valence-corrected chi connectivity index (χ3v) is 6.26. The molecule has 0 aliphatic rings. The van der Waals surface area contributed by atoms with Crippen LogP contribution in [0.2, 0.25) is 0 Å². The van der Waals surface area contributed by atoms with E-state index in [9.17, 15) is 8.78 Å². The Hall–Kier alpha value is -3.36. The van der Waals surface area contributed by atoms with Gasteiger partial charge in [-0.3, -0.25) is 0 Å². The fraction of sp³-hybridized carbons (Fsp3) is 0.353. The fourth-order valence-electron chi connectivity index (χ4n) is 4.10. The molecule has 36 heavy (non-hydrogen) atoms. The molecule has 0 atom stereocenters. The quantitative estimate of drug-likeness (QED) is 0.200. The average Bonchev–Trinajstić information content (AvgIpc) is 2.89. The molecule has 0 radical (unpaired) electrons. The van der Waals surface area contributed by atoms with Crippen molar-refractivity contribution in [2.75, 3.05) is 0 Å². The van der Waals surface area contributed by atoms with Crippen molar-refractivity contribution >= 4 is 0 Å². The van der Waals surface area contributed by atoms with Gasteiger partial charge < -0.3 is 0 Å². The molecule has 186 valence electrons. The Balaban J connectivity index is 1.58. The molecule has 0 aromatic heterocycles. The van der Waals surface area contributed by atoms with Crippen LogP contribution in [0.15, 0.2) is 60.7 Å². The first-order valence-electron chi connectivity index (χ1n) is 13.3. The van der Waals surface area contributed by atoms with Gasteiger partial charge in [0.25, 0.3) is 0 Å². The predicted molar refractivity (Wildman–Crippen MR) is 147 cm³/mol. The van der Waals surface area contributed by atoms with E-state index in [1.165, 1.54) is 56.1 Å². The summed E-state index contributed by atoms with van der Waals surface area (Å²) < 4.78 is 29.2. The van der Waals surface area contributed by atoms with Crippen molar-refractivity contribution in [3.05, 3.63) is 106 Å². The molecule has 3 rings (SSSR count). The Kier molecular flexibility index (Phi) is 11.3. The Morgan fingerprint density at radius 3 is 1.42 bits per heavy atom. The van der Waals surface area contributed by atoms with Gasteiger partial charge >= 0.3 is 0 Å². The van der Waals surface area contributed by atoms with E-state index >= 15 is 0 Å². The third kappa shape index (κ3) is 9.02. The largest absolute Gasteiger partial charge is 0.206 e. The van der Waals surface area contributed by atoms with Crippen molar-refractivity contribution in [3.8, 4) is 23.7 Å². The lowest BCUT2D eigenvalue weighted by Gasteiger charge is -2.03. The lowest BCUT2D eigenvalue weighted by molar-refractivity contribution is 0.589. The standard InChI is InChI=1S/C34H36F2/c1-3-5-6-7-8-9-10-12-28-15-19-30(20-16-28)22-24-32-26-33(35)31(25-34(32)36)23-21-29-17-13-27(11-4-2)14-18-29/h13-20,25-26H,3-12H2,1-2H3. The number of halogens is 2.